The molecule has 84 valence electrons. The van der Waals surface area contributed by atoms with Gasteiger partial charge in [-0.15, -0.1) is 0 Å². The zero-order valence-electron chi connectivity index (χ0n) is 8.92. The van der Waals surface area contributed by atoms with Crippen LogP contribution in [0.4, 0.5) is 0 Å². The van der Waals surface area contributed by atoms with Gasteiger partial charge in [0.15, 0.2) is 0 Å². The molecule has 2 amide bonds. The number of primary amides is 1. The maximum absolute atomic E-state index is 11.8. The lowest BCUT2D eigenvalue weighted by Gasteiger charge is -2.24. The van der Waals surface area contributed by atoms with Crippen LogP contribution < -0.4 is 11.1 Å². The molecule has 0 saturated heterocycles. The van der Waals surface area contributed by atoms with Gasteiger partial charge in [-0.3, -0.25) is 9.59 Å². The molecule has 0 spiro atoms. The third-order valence-corrected chi connectivity index (χ3v) is 3.60. The van der Waals surface area contributed by atoms with Crippen molar-refractivity contribution in [3.63, 3.8) is 0 Å². The summed E-state index contributed by atoms with van der Waals surface area (Å²) >= 11 is 0. The Labute approximate surface area is 89.6 Å². The summed E-state index contributed by atoms with van der Waals surface area (Å²) in [7, 11) is 0. The highest BCUT2D eigenvalue weighted by Crippen LogP contribution is 2.45. The Kier molecular flexibility index (Phi) is 2.67. The number of carbonyl (C=O) groups excluding carboxylic acids is 2. The van der Waals surface area contributed by atoms with Gasteiger partial charge in [0.2, 0.25) is 11.8 Å². The molecule has 4 heteroatoms. The molecule has 4 nitrogen and oxygen atoms in total. The molecule has 0 atom stereocenters. The van der Waals surface area contributed by atoms with E-state index in [1.165, 1.54) is 19.3 Å². The van der Waals surface area contributed by atoms with Crippen molar-refractivity contribution < 1.29 is 9.59 Å². The molecule has 2 saturated carbocycles. The number of nitrogens with one attached hydrogen (secondary N) is 1. The molecule has 2 rings (SSSR count). The molecule has 0 unspecified atom stereocenters. The van der Waals surface area contributed by atoms with Crippen molar-refractivity contribution in [1.29, 1.82) is 0 Å². The lowest BCUT2D eigenvalue weighted by molar-refractivity contribution is -0.135. The molecule has 0 aromatic rings. The highest BCUT2D eigenvalue weighted by molar-refractivity contribution is 6.07. The van der Waals surface area contributed by atoms with E-state index in [-0.39, 0.29) is 11.9 Å². The number of nitrogens with two attached hydrogens (primary N) is 1. The van der Waals surface area contributed by atoms with Gasteiger partial charge in [0, 0.05) is 6.04 Å². The van der Waals surface area contributed by atoms with E-state index >= 15 is 0 Å². The minimum atomic E-state index is -0.850. The second-order valence-corrected chi connectivity index (χ2v) is 4.75. The lowest BCUT2D eigenvalue weighted by atomic mass is 9.94. The molecule has 2 fully saturated rings. The van der Waals surface area contributed by atoms with Crippen LogP contribution in [0.1, 0.15) is 44.9 Å². The van der Waals surface area contributed by atoms with E-state index in [2.05, 4.69) is 5.32 Å². The maximum Gasteiger partial charge on any atom is 0.235 e. The summed E-state index contributed by atoms with van der Waals surface area (Å²) in [6, 6.07) is 0.267. The Morgan fingerprint density at radius 2 is 1.73 bits per heavy atom. The fourth-order valence-electron chi connectivity index (χ4n) is 2.28. The Hall–Kier alpha value is -1.06. The summed E-state index contributed by atoms with van der Waals surface area (Å²) < 4.78 is 0. The van der Waals surface area contributed by atoms with E-state index in [0.717, 1.165) is 12.8 Å². The SMILES string of the molecule is NC(=O)C1(C(=O)NC2CCCCC2)CC1. The van der Waals surface area contributed by atoms with Gasteiger partial charge in [0.1, 0.15) is 5.41 Å². The average Bonchev–Trinajstić information content (AvgIpc) is 2.99. The van der Waals surface area contributed by atoms with Gasteiger partial charge < -0.3 is 11.1 Å². The van der Waals surface area contributed by atoms with Crippen LogP contribution in [-0.4, -0.2) is 17.9 Å². The van der Waals surface area contributed by atoms with Crippen molar-refractivity contribution in [2.75, 3.05) is 0 Å². The molecule has 0 aromatic carbocycles. The predicted molar refractivity (Wildman–Crippen MR) is 55.9 cm³/mol. The van der Waals surface area contributed by atoms with Crippen LogP contribution in [-0.2, 0) is 9.59 Å². The van der Waals surface area contributed by atoms with Crippen molar-refractivity contribution >= 4 is 11.8 Å². The Bertz CT molecular complexity index is 278. The van der Waals surface area contributed by atoms with Crippen LogP contribution in [0.25, 0.3) is 0 Å². The summed E-state index contributed by atoms with van der Waals surface area (Å²) in [6.07, 6.45) is 6.94. The lowest BCUT2D eigenvalue weighted by Crippen LogP contribution is -2.45. The number of hydrogen-bond acceptors (Lipinski definition) is 2. The largest absolute Gasteiger partial charge is 0.369 e. The van der Waals surface area contributed by atoms with Gasteiger partial charge in [-0.1, -0.05) is 19.3 Å². The van der Waals surface area contributed by atoms with E-state index in [1.54, 1.807) is 0 Å². The van der Waals surface area contributed by atoms with Crippen molar-refractivity contribution in [2.45, 2.75) is 51.0 Å². The summed E-state index contributed by atoms with van der Waals surface area (Å²) in [6.45, 7) is 0. The molecule has 0 aromatic heterocycles. The van der Waals surface area contributed by atoms with E-state index in [4.69, 9.17) is 5.73 Å². The van der Waals surface area contributed by atoms with E-state index in [1.807, 2.05) is 0 Å². The summed E-state index contributed by atoms with van der Waals surface area (Å²) in [5.41, 5.74) is 4.39. The Balaban J connectivity index is 1.89. The summed E-state index contributed by atoms with van der Waals surface area (Å²) in [5.74, 6) is -0.599. The molecule has 2 aliphatic carbocycles. The second-order valence-electron chi connectivity index (χ2n) is 4.75. The van der Waals surface area contributed by atoms with E-state index in [9.17, 15) is 9.59 Å². The fourth-order valence-corrected chi connectivity index (χ4v) is 2.28. The minimum Gasteiger partial charge on any atom is -0.369 e. The van der Waals surface area contributed by atoms with Crippen LogP contribution >= 0.6 is 0 Å². The molecule has 0 aliphatic heterocycles. The molecule has 2 aliphatic rings. The predicted octanol–water partition coefficient (Wildman–Crippen LogP) is 0.701. The van der Waals surface area contributed by atoms with Gasteiger partial charge in [-0.2, -0.15) is 0 Å². The number of rotatable bonds is 3. The first-order chi connectivity index (χ1) is 7.15. The van der Waals surface area contributed by atoms with Gasteiger partial charge in [0.25, 0.3) is 0 Å². The van der Waals surface area contributed by atoms with Crippen LogP contribution in [0.2, 0.25) is 0 Å². The fraction of sp³-hybridized carbons (Fsp3) is 0.818. The summed E-state index contributed by atoms with van der Waals surface area (Å²) in [5, 5.41) is 2.96. The Morgan fingerprint density at radius 3 is 2.20 bits per heavy atom. The molecule has 0 radical (unpaired) electrons. The molecular weight excluding hydrogens is 192 g/mol. The van der Waals surface area contributed by atoms with E-state index < -0.39 is 11.3 Å². The topological polar surface area (TPSA) is 72.2 Å². The van der Waals surface area contributed by atoms with Gasteiger partial charge in [-0.05, 0) is 25.7 Å². The number of hydrogen-bond donors (Lipinski definition) is 2. The number of carbonyl (C=O) groups is 2. The van der Waals surface area contributed by atoms with Crippen LogP contribution in [0.3, 0.4) is 0 Å². The van der Waals surface area contributed by atoms with Gasteiger partial charge >= 0.3 is 0 Å². The smallest absolute Gasteiger partial charge is 0.235 e. The maximum atomic E-state index is 11.8. The van der Waals surface area contributed by atoms with Crippen LogP contribution in [0.15, 0.2) is 0 Å². The second kappa shape index (κ2) is 3.83. The van der Waals surface area contributed by atoms with Crippen molar-refractivity contribution in [3.05, 3.63) is 0 Å². The molecule has 0 heterocycles. The van der Waals surface area contributed by atoms with Gasteiger partial charge in [-0.25, -0.2) is 0 Å². The normalized spacial score (nSPS) is 24.5. The van der Waals surface area contributed by atoms with Crippen molar-refractivity contribution in [2.24, 2.45) is 11.1 Å². The monoisotopic (exact) mass is 210 g/mol. The minimum absolute atomic E-state index is 0.137. The Morgan fingerprint density at radius 1 is 1.13 bits per heavy atom. The molecular formula is C11H18N2O2. The first kappa shape index (κ1) is 10.5. The third kappa shape index (κ3) is 1.98. The summed E-state index contributed by atoms with van der Waals surface area (Å²) in [4.78, 5) is 23.0. The quantitative estimate of drug-likeness (QED) is 0.673. The first-order valence-electron chi connectivity index (χ1n) is 5.76. The highest BCUT2D eigenvalue weighted by atomic mass is 16.2. The zero-order chi connectivity index (χ0) is 10.9. The van der Waals surface area contributed by atoms with Gasteiger partial charge in [0.05, 0.1) is 0 Å². The average molecular weight is 210 g/mol. The first-order valence-corrected chi connectivity index (χ1v) is 5.76. The van der Waals surface area contributed by atoms with Crippen LogP contribution in [0.5, 0.6) is 0 Å². The molecule has 3 N–H and O–H groups in total. The van der Waals surface area contributed by atoms with E-state index in [0.29, 0.717) is 12.8 Å². The molecule has 0 bridgehead atoms. The van der Waals surface area contributed by atoms with Crippen LogP contribution in [0, 0.1) is 5.41 Å². The zero-order valence-corrected chi connectivity index (χ0v) is 8.92. The van der Waals surface area contributed by atoms with Crippen molar-refractivity contribution in [3.8, 4) is 0 Å². The highest BCUT2D eigenvalue weighted by Gasteiger charge is 2.55. The standard InChI is InChI=1S/C11H18N2O2/c12-9(14)11(6-7-11)10(15)13-8-4-2-1-3-5-8/h8H,1-7H2,(H2,12,14)(H,13,15). The molecule has 15 heavy (non-hydrogen) atoms. The third-order valence-electron chi connectivity index (χ3n) is 3.60. The number of amides is 2. The van der Waals surface area contributed by atoms with Crippen molar-refractivity contribution in [1.82, 2.24) is 5.32 Å².